The van der Waals surface area contributed by atoms with Crippen LogP contribution in [0.3, 0.4) is 0 Å². The first kappa shape index (κ1) is 11.8. The Morgan fingerprint density at radius 3 is 2.53 bits per heavy atom. The van der Waals surface area contributed by atoms with Gasteiger partial charge in [0, 0.05) is 11.4 Å². The molecule has 1 aromatic carbocycles. The van der Waals surface area contributed by atoms with E-state index in [0.717, 1.165) is 5.56 Å². The van der Waals surface area contributed by atoms with Gasteiger partial charge >= 0.3 is 0 Å². The average Bonchev–Trinajstić information content (AvgIpc) is 2.29. The highest BCUT2D eigenvalue weighted by molar-refractivity contribution is 6.30. The van der Waals surface area contributed by atoms with Gasteiger partial charge in [-0.15, -0.1) is 0 Å². The molecule has 0 saturated heterocycles. The summed E-state index contributed by atoms with van der Waals surface area (Å²) in [7, 11) is 0. The van der Waals surface area contributed by atoms with Gasteiger partial charge in [-0.2, -0.15) is 4.99 Å². The van der Waals surface area contributed by atoms with E-state index in [-0.39, 0.29) is 0 Å². The molecule has 0 bridgehead atoms. The normalized spacial score (nSPS) is 19.9. The average molecular weight is 252 g/mol. The molecular weight excluding hydrogens is 242 g/mol. The van der Waals surface area contributed by atoms with E-state index in [1.165, 1.54) is 0 Å². The van der Waals surface area contributed by atoms with Crippen LogP contribution in [0.4, 0.5) is 0 Å². The fourth-order valence-corrected chi connectivity index (χ4v) is 1.57. The van der Waals surface area contributed by atoms with Crippen LogP contribution in [0, 0.1) is 0 Å². The van der Waals surface area contributed by atoms with E-state index < -0.39 is 17.9 Å². The number of hydrogen-bond acceptors (Lipinski definition) is 3. The zero-order valence-corrected chi connectivity index (χ0v) is 9.57. The number of benzene rings is 1. The summed E-state index contributed by atoms with van der Waals surface area (Å²) in [6, 6.07) is 5.88. The molecule has 1 aliphatic heterocycles. The van der Waals surface area contributed by atoms with Crippen LogP contribution >= 0.6 is 11.6 Å². The summed E-state index contributed by atoms with van der Waals surface area (Å²) in [5.41, 5.74) is 6.21. The molecule has 2 rings (SSSR count). The maximum atomic E-state index is 11.3. The molecule has 0 spiro atoms. The smallest absolute Gasteiger partial charge is 0.273 e. The maximum absolute atomic E-state index is 11.3. The molecule has 1 aliphatic rings. The lowest BCUT2D eigenvalue weighted by molar-refractivity contribution is -0.129. The summed E-state index contributed by atoms with van der Waals surface area (Å²) in [6.45, 7) is 0. The Bertz CT molecular complexity index is 496. The van der Waals surface area contributed by atoms with Crippen LogP contribution in [0.25, 0.3) is 0 Å². The molecule has 0 radical (unpaired) electrons. The predicted molar refractivity (Wildman–Crippen MR) is 63.7 cm³/mol. The highest BCUT2D eigenvalue weighted by atomic mass is 35.5. The number of carbonyl (C=O) groups excluding carboxylic acids is 2. The van der Waals surface area contributed by atoms with E-state index in [0.29, 0.717) is 17.3 Å². The van der Waals surface area contributed by atoms with Gasteiger partial charge in [0.2, 0.25) is 0 Å². The second-order valence-corrected chi connectivity index (χ2v) is 4.10. The first-order valence-corrected chi connectivity index (χ1v) is 5.36. The van der Waals surface area contributed by atoms with Gasteiger partial charge in [-0.3, -0.25) is 9.59 Å². The van der Waals surface area contributed by atoms with Crippen LogP contribution in [0.2, 0.25) is 5.02 Å². The third-order valence-corrected chi connectivity index (χ3v) is 2.60. The minimum absolute atomic E-state index is 0.309. The number of halogens is 1. The number of carbonyl (C=O) groups is 2. The SMILES string of the molecule is NC1C(=O)N=C(Cc2ccc(Cl)cc2)NC1=O. The number of hydrogen-bond donors (Lipinski definition) is 2. The van der Waals surface area contributed by atoms with Crippen LogP contribution in [0.1, 0.15) is 5.56 Å². The number of amidine groups is 1. The maximum Gasteiger partial charge on any atom is 0.273 e. The van der Waals surface area contributed by atoms with Crippen molar-refractivity contribution in [3.05, 3.63) is 34.9 Å². The van der Waals surface area contributed by atoms with Gasteiger partial charge in [0.1, 0.15) is 5.84 Å². The van der Waals surface area contributed by atoms with Crippen molar-refractivity contribution in [2.45, 2.75) is 12.5 Å². The standard InChI is InChI=1S/C11H10ClN3O2/c12-7-3-1-6(2-4-7)5-8-14-10(16)9(13)11(17)15-8/h1-4,9H,5,13H2,(H,14,15,16,17). The summed E-state index contributed by atoms with van der Waals surface area (Å²) >= 11 is 5.75. The topological polar surface area (TPSA) is 84.6 Å². The van der Waals surface area contributed by atoms with Crippen LogP contribution in [0.5, 0.6) is 0 Å². The Balaban J connectivity index is 2.14. The monoisotopic (exact) mass is 251 g/mol. The number of aliphatic imine (C=N–C) groups is 1. The van der Waals surface area contributed by atoms with E-state index >= 15 is 0 Å². The molecule has 0 saturated carbocycles. The van der Waals surface area contributed by atoms with Crippen molar-refractivity contribution in [3.63, 3.8) is 0 Å². The molecule has 3 N–H and O–H groups in total. The molecule has 1 aromatic rings. The Morgan fingerprint density at radius 2 is 1.94 bits per heavy atom. The molecule has 6 heteroatoms. The van der Waals surface area contributed by atoms with Crippen molar-refractivity contribution in [1.82, 2.24) is 5.32 Å². The van der Waals surface area contributed by atoms with Crippen LogP contribution in [0.15, 0.2) is 29.3 Å². The molecule has 0 fully saturated rings. The van der Waals surface area contributed by atoms with Gasteiger partial charge in [0.15, 0.2) is 6.04 Å². The number of rotatable bonds is 2. The Hall–Kier alpha value is -1.72. The second kappa shape index (κ2) is 4.65. The lowest BCUT2D eigenvalue weighted by Gasteiger charge is -2.16. The molecule has 17 heavy (non-hydrogen) atoms. The van der Waals surface area contributed by atoms with Gasteiger partial charge < -0.3 is 11.1 Å². The molecule has 0 aliphatic carbocycles. The molecular formula is C11H10ClN3O2. The molecule has 0 aromatic heterocycles. The lowest BCUT2D eigenvalue weighted by atomic mass is 10.1. The third-order valence-electron chi connectivity index (χ3n) is 2.35. The van der Waals surface area contributed by atoms with Crippen molar-refractivity contribution in [3.8, 4) is 0 Å². The summed E-state index contributed by atoms with van der Waals surface area (Å²) in [5.74, 6) is -0.823. The minimum Gasteiger partial charge on any atom is -0.312 e. The third kappa shape index (κ3) is 2.69. The van der Waals surface area contributed by atoms with Gasteiger partial charge in [0.05, 0.1) is 0 Å². The molecule has 1 unspecified atom stereocenters. The molecule has 5 nitrogen and oxygen atoms in total. The van der Waals surface area contributed by atoms with Crippen LogP contribution in [-0.4, -0.2) is 23.7 Å². The van der Waals surface area contributed by atoms with E-state index in [4.69, 9.17) is 17.3 Å². The second-order valence-electron chi connectivity index (χ2n) is 3.67. The van der Waals surface area contributed by atoms with Gasteiger partial charge in [-0.25, -0.2) is 0 Å². The van der Waals surface area contributed by atoms with Crippen molar-refractivity contribution < 1.29 is 9.59 Å². The Kier molecular flexibility index (Phi) is 3.21. The van der Waals surface area contributed by atoms with E-state index in [1.54, 1.807) is 24.3 Å². The van der Waals surface area contributed by atoms with E-state index in [9.17, 15) is 9.59 Å². The van der Waals surface area contributed by atoms with Crippen molar-refractivity contribution in [1.29, 1.82) is 0 Å². The van der Waals surface area contributed by atoms with E-state index in [2.05, 4.69) is 10.3 Å². The zero-order chi connectivity index (χ0) is 12.4. The Morgan fingerprint density at radius 1 is 1.29 bits per heavy atom. The molecule has 1 atom stereocenters. The van der Waals surface area contributed by atoms with Gasteiger partial charge in [0.25, 0.3) is 11.8 Å². The fraction of sp³-hybridized carbons (Fsp3) is 0.182. The van der Waals surface area contributed by atoms with Crippen molar-refractivity contribution in [2.75, 3.05) is 0 Å². The molecule has 1 heterocycles. The van der Waals surface area contributed by atoms with Crippen molar-refractivity contribution >= 4 is 29.3 Å². The summed E-state index contributed by atoms with van der Waals surface area (Å²) in [4.78, 5) is 26.3. The number of nitrogens with two attached hydrogens (primary N) is 1. The van der Waals surface area contributed by atoms with Crippen molar-refractivity contribution in [2.24, 2.45) is 10.7 Å². The van der Waals surface area contributed by atoms with Crippen LogP contribution < -0.4 is 11.1 Å². The summed E-state index contributed by atoms with van der Waals surface area (Å²) < 4.78 is 0. The van der Waals surface area contributed by atoms with Gasteiger partial charge in [-0.1, -0.05) is 23.7 Å². The molecule has 88 valence electrons. The summed E-state index contributed by atoms with van der Waals surface area (Å²) in [5, 5.41) is 3.12. The Labute approximate surface area is 103 Å². The zero-order valence-electron chi connectivity index (χ0n) is 8.81. The summed E-state index contributed by atoms with van der Waals surface area (Å²) in [6.07, 6.45) is 0.362. The highest BCUT2D eigenvalue weighted by Crippen LogP contribution is 2.10. The van der Waals surface area contributed by atoms with Crippen LogP contribution in [-0.2, 0) is 16.0 Å². The predicted octanol–water partition coefficient (Wildman–Crippen LogP) is 0.265. The quantitative estimate of drug-likeness (QED) is 0.740. The highest BCUT2D eigenvalue weighted by Gasteiger charge is 2.27. The van der Waals surface area contributed by atoms with Gasteiger partial charge in [-0.05, 0) is 17.7 Å². The number of amides is 2. The first-order chi connectivity index (χ1) is 8.06. The molecule has 2 amide bonds. The minimum atomic E-state index is -1.19. The number of nitrogens with one attached hydrogen (secondary N) is 1. The van der Waals surface area contributed by atoms with E-state index in [1.807, 2.05) is 0 Å². The largest absolute Gasteiger partial charge is 0.312 e. The first-order valence-electron chi connectivity index (χ1n) is 4.98. The fourth-order valence-electron chi connectivity index (χ4n) is 1.44. The number of nitrogens with zero attached hydrogens (tertiary/aromatic N) is 1. The lowest BCUT2D eigenvalue weighted by Crippen LogP contribution is -2.52.